The number of hydrogen-bond acceptors (Lipinski definition) is 4. The Kier molecular flexibility index (Phi) is 7.04. The van der Waals surface area contributed by atoms with E-state index >= 15 is 0 Å². The summed E-state index contributed by atoms with van der Waals surface area (Å²) in [6.07, 6.45) is 1.81. The Morgan fingerprint density at radius 3 is 2.55 bits per heavy atom. The first kappa shape index (κ1) is 16.5. The smallest absolute Gasteiger partial charge is 0.252 e. The molecule has 0 aliphatic heterocycles. The van der Waals surface area contributed by atoms with Crippen molar-refractivity contribution in [1.82, 2.24) is 4.90 Å². The van der Waals surface area contributed by atoms with E-state index in [0.29, 0.717) is 31.1 Å². The minimum atomic E-state index is -0.461. The van der Waals surface area contributed by atoms with Gasteiger partial charge in [-0.1, -0.05) is 12.1 Å². The second-order valence-corrected chi connectivity index (χ2v) is 4.94. The number of rotatable bonds is 9. The van der Waals surface area contributed by atoms with Crippen LogP contribution in [-0.2, 0) is 11.3 Å². The van der Waals surface area contributed by atoms with Crippen LogP contribution in [-0.4, -0.2) is 45.2 Å². The molecule has 1 aromatic rings. The van der Waals surface area contributed by atoms with Gasteiger partial charge < -0.3 is 20.1 Å². The van der Waals surface area contributed by atoms with E-state index in [4.69, 9.17) is 15.2 Å². The summed E-state index contributed by atoms with van der Waals surface area (Å²) in [4.78, 5) is 13.5. The van der Waals surface area contributed by atoms with Crippen molar-refractivity contribution in [2.75, 3.05) is 34.4 Å². The van der Waals surface area contributed by atoms with Crippen LogP contribution in [0.3, 0.4) is 0 Å². The van der Waals surface area contributed by atoms with Crippen LogP contribution in [0.1, 0.15) is 28.8 Å². The van der Waals surface area contributed by atoms with E-state index in [9.17, 15) is 4.79 Å². The summed E-state index contributed by atoms with van der Waals surface area (Å²) in [7, 11) is 5.62. The number of amides is 1. The number of nitrogens with two attached hydrogens (primary N) is 1. The van der Waals surface area contributed by atoms with Gasteiger partial charge in [-0.3, -0.25) is 4.79 Å². The largest absolute Gasteiger partial charge is 0.492 e. The number of unbranched alkanes of at least 4 members (excludes halogenated alkanes) is 1. The normalized spacial score (nSPS) is 10.8. The van der Waals surface area contributed by atoms with E-state index in [1.54, 1.807) is 13.2 Å². The summed E-state index contributed by atoms with van der Waals surface area (Å²) in [6.45, 7) is 1.97. The number of para-hydroxylation sites is 1. The fraction of sp³-hybridized carbons (Fsp3) is 0.533. The highest BCUT2D eigenvalue weighted by molar-refractivity contribution is 5.96. The standard InChI is InChI=1S/C15H24N2O3/c1-17(2)11-12-7-6-8-13(15(16)18)14(12)20-10-5-4-9-19-3/h6-8H,4-5,9-11H2,1-3H3,(H2,16,18). The molecule has 0 saturated carbocycles. The molecule has 0 unspecified atom stereocenters. The van der Waals surface area contributed by atoms with Crippen molar-refractivity contribution in [1.29, 1.82) is 0 Å². The van der Waals surface area contributed by atoms with Crippen molar-refractivity contribution in [3.05, 3.63) is 29.3 Å². The lowest BCUT2D eigenvalue weighted by Gasteiger charge is -2.17. The van der Waals surface area contributed by atoms with E-state index in [1.807, 2.05) is 31.1 Å². The van der Waals surface area contributed by atoms with Gasteiger partial charge in [0.1, 0.15) is 5.75 Å². The summed E-state index contributed by atoms with van der Waals surface area (Å²) in [6, 6.07) is 5.49. The van der Waals surface area contributed by atoms with Gasteiger partial charge in [-0.2, -0.15) is 0 Å². The first-order valence-electron chi connectivity index (χ1n) is 6.74. The highest BCUT2D eigenvalue weighted by Gasteiger charge is 2.14. The first-order valence-corrected chi connectivity index (χ1v) is 6.74. The third-order valence-corrected chi connectivity index (χ3v) is 2.84. The molecule has 0 heterocycles. The summed E-state index contributed by atoms with van der Waals surface area (Å²) < 4.78 is 10.8. The Morgan fingerprint density at radius 2 is 1.95 bits per heavy atom. The van der Waals surface area contributed by atoms with Crippen LogP contribution in [0.2, 0.25) is 0 Å². The highest BCUT2D eigenvalue weighted by Crippen LogP contribution is 2.25. The quantitative estimate of drug-likeness (QED) is 0.699. The molecule has 1 amide bonds. The molecule has 20 heavy (non-hydrogen) atoms. The molecule has 5 nitrogen and oxygen atoms in total. The Morgan fingerprint density at radius 1 is 1.25 bits per heavy atom. The number of carbonyl (C=O) groups excluding carboxylic acids is 1. The molecule has 0 aliphatic rings. The Bertz CT molecular complexity index is 433. The van der Waals surface area contributed by atoms with E-state index in [-0.39, 0.29) is 0 Å². The lowest BCUT2D eigenvalue weighted by molar-refractivity contribution is 0.0995. The number of hydrogen-bond donors (Lipinski definition) is 1. The molecule has 0 radical (unpaired) electrons. The van der Waals surface area contributed by atoms with E-state index < -0.39 is 5.91 Å². The van der Waals surface area contributed by atoms with E-state index in [2.05, 4.69) is 0 Å². The predicted octanol–water partition coefficient (Wildman–Crippen LogP) is 1.65. The molecule has 0 saturated heterocycles. The number of benzene rings is 1. The summed E-state index contributed by atoms with van der Waals surface area (Å²) >= 11 is 0. The zero-order valence-electron chi connectivity index (χ0n) is 12.5. The molecular weight excluding hydrogens is 256 g/mol. The summed E-state index contributed by atoms with van der Waals surface area (Å²) in [5, 5.41) is 0. The van der Waals surface area contributed by atoms with Crippen LogP contribution < -0.4 is 10.5 Å². The minimum Gasteiger partial charge on any atom is -0.492 e. The maximum atomic E-state index is 11.5. The van der Waals surface area contributed by atoms with E-state index in [0.717, 1.165) is 18.4 Å². The Balaban J connectivity index is 2.79. The SMILES string of the molecule is COCCCCOc1c(CN(C)C)cccc1C(N)=O. The van der Waals surface area contributed by atoms with Crippen LogP contribution in [0.15, 0.2) is 18.2 Å². The van der Waals surface area contributed by atoms with Gasteiger partial charge in [0.2, 0.25) is 0 Å². The zero-order valence-corrected chi connectivity index (χ0v) is 12.5. The minimum absolute atomic E-state index is 0.441. The van der Waals surface area contributed by atoms with Crippen molar-refractivity contribution in [2.45, 2.75) is 19.4 Å². The molecule has 0 bridgehead atoms. The average Bonchev–Trinajstić information content (AvgIpc) is 2.39. The summed E-state index contributed by atoms with van der Waals surface area (Å²) in [5.74, 6) is 0.142. The molecule has 0 aliphatic carbocycles. The van der Waals surface area contributed by atoms with Gasteiger partial charge in [0.25, 0.3) is 5.91 Å². The van der Waals surface area contributed by atoms with Gasteiger partial charge in [-0.15, -0.1) is 0 Å². The van der Waals surface area contributed by atoms with Gasteiger partial charge in [0.05, 0.1) is 12.2 Å². The number of ether oxygens (including phenoxy) is 2. The maximum absolute atomic E-state index is 11.5. The Hall–Kier alpha value is -1.59. The fourth-order valence-corrected chi connectivity index (χ4v) is 1.94. The molecule has 5 heteroatoms. The van der Waals surface area contributed by atoms with Crippen LogP contribution in [0.5, 0.6) is 5.75 Å². The topological polar surface area (TPSA) is 64.8 Å². The third-order valence-electron chi connectivity index (χ3n) is 2.84. The second kappa shape index (κ2) is 8.55. The fourth-order valence-electron chi connectivity index (χ4n) is 1.94. The predicted molar refractivity (Wildman–Crippen MR) is 79.0 cm³/mol. The monoisotopic (exact) mass is 280 g/mol. The lowest BCUT2D eigenvalue weighted by atomic mass is 10.1. The van der Waals surface area contributed by atoms with Gasteiger partial charge in [-0.05, 0) is 33.0 Å². The van der Waals surface area contributed by atoms with Crippen LogP contribution >= 0.6 is 0 Å². The molecule has 2 N–H and O–H groups in total. The zero-order chi connectivity index (χ0) is 15.0. The number of primary amides is 1. The van der Waals surface area contributed by atoms with Crippen molar-refractivity contribution in [3.8, 4) is 5.75 Å². The van der Waals surface area contributed by atoms with Gasteiger partial charge >= 0.3 is 0 Å². The highest BCUT2D eigenvalue weighted by atomic mass is 16.5. The van der Waals surface area contributed by atoms with Crippen LogP contribution in [0.4, 0.5) is 0 Å². The Labute approximate surface area is 120 Å². The molecule has 0 aromatic heterocycles. The number of nitrogens with zero attached hydrogens (tertiary/aromatic N) is 1. The van der Waals surface area contributed by atoms with E-state index in [1.165, 1.54) is 0 Å². The van der Waals surface area contributed by atoms with Crippen LogP contribution in [0, 0.1) is 0 Å². The molecule has 0 spiro atoms. The van der Waals surface area contributed by atoms with Crippen molar-refractivity contribution >= 4 is 5.91 Å². The van der Waals surface area contributed by atoms with Crippen molar-refractivity contribution in [2.24, 2.45) is 5.73 Å². The van der Waals surface area contributed by atoms with Gasteiger partial charge in [0, 0.05) is 25.8 Å². The molecule has 0 atom stereocenters. The summed E-state index contributed by atoms with van der Waals surface area (Å²) in [5.41, 5.74) is 6.82. The molecule has 1 aromatic carbocycles. The molecule has 112 valence electrons. The molecule has 1 rings (SSSR count). The number of methoxy groups -OCH3 is 1. The number of carbonyl (C=O) groups is 1. The third kappa shape index (κ3) is 5.19. The second-order valence-electron chi connectivity index (χ2n) is 4.94. The van der Waals surface area contributed by atoms with Crippen LogP contribution in [0.25, 0.3) is 0 Å². The van der Waals surface area contributed by atoms with Crippen molar-refractivity contribution < 1.29 is 14.3 Å². The van der Waals surface area contributed by atoms with Crippen molar-refractivity contribution in [3.63, 3.8) is 0 Å². The van der Waals surface area contributed by atoms with Gasteiger partial charge in [-0.25, -0.2) is 0 Å². The lowest BCUT2D eigenvalue weighted by Crippen LogP contribution is -2.17. The molecular formula is C15H24N2O3. The molecule has 0 fully saturated rings. The average molecular weight is 280 g/mol. The van der Waals surface area contributed by atoms with Gasteiger partial charge in [0.15, 0.2) is 0 Å². The maximum Gasteiger partial charge on any atom is 0.252 e. The first-order chi connectivity index (χ1) is 9.56.